The van der Waals surface area contributed by atoms with Crippen molar-refractivity contribution in [2.24, 2.45) is 0 Å². The molecule has 0 unspecified atom stereocenters. The molecule has 0 aliphatic carbocycles. The Morgan fingerprint density at radius 3 is 2.58 bits per heavy atom. The summed E-state index contributed by atoms with van der Waals surface area (Å²) in [6, 6.07) is 10.7. The number of carbonyl (C=O) groups is 1. The second-order valence-corrected chi connectivity index (χ2v) is 6.65. The van der Waals surface area contributed by atoms with Crippen LogP contribution in [0.1, 0.15) is 51.6 Å². The van der Waals surface area contributed by atoms with Crippen LogP contribution in [-0.4, -0.2) is 31.2 Å². The second kappa shape index (κ2) is 9.00. The molecule has 1 atom stereocenters. The molecule has 1 aromatic rings. The van der Waals surface area contributed by atoms with E-state index in [0.29, 0.717) is 6.54 Å². The van der Waals surface area contributed by atoms with E-state index in [1.54, 1.807) is 0 Å². The number of benzene rings is 1. The second-order valence-electron chi connectivity index (χ2n) is 6.65. The minimum absolute atomic E-state index is 0.0249. The molecule has 1 fully saturated rings. The van der Waals surface area contributed by atoms with Gasteiger partial charge in [-0.3, -0.25) is 4.79 Å². The van der Waals surface area contributed by atoms with Crippen molar-refractivity contribution in [3.05, 3.63) is 47.5 Å². The van der Waals surface area contributed by atoms with Crippen LogP contribution in [-0.2, 0) is 9.53 Å². The van der Waals surface area contributed by atoms with Crippen LogP contribution in [0.3, 0.4) is 0 Å². The van der Waals surface area contributed by atoms with E-state index in [1.807, 2.05) is 26.0 Å². The Kier molecular flexibility index (Phi) is 7.00. The highest BCUT2D eigenvalue weighted by molar-refractivity contribution is 5.92. The molecule has 2 N–H and O–H groups in total. The Balaban J connectivity index is 2.03. The summed E-state index contributed by atoms with van der Waals surface area (Å²) < 4.78 is 5.54. The van der Waals surface area contributed by atoms with Crippen molar-refractivity contribution in [3.8, 4) is 0 Å². The normalized spacial score (nSPS) is 18.9. The van der Waals surface area contributed by atoms with Gasteiger partial charge in [-0.2, -0.15) is 0 Å². The van der Waals surface area contributed by atoms with E-state index in [-0.39, 0.29) is 17.5 Å². The number of hydrogen-bond acceptors (Lipinski definition) is 3. The van der Waals surface area contributed by atoms with Gasteiger partial charge in [0.1, 0.15) is 0 Å². The number of rotatable bonds is 7. The van der Waals surface area contributed by atoms with E-state index in [1.165, 1.54) is 5.56 Å². The molecule has 0 bridgehead atoms. The molecule has 1 aliphatic rings. The number of hydrogen-bond donors (Lipinski definition) is 2. The first kappa shape index (κ1) is 18.7. The minimum atomic E-state index is -0.115. The average molecular weight is 330 g/mol. The highest BCUT2D eigenvalue weighted by atomic mass is 16.5. The first-order valence-electron chi connectivity index (χ1n) is 8.92. The monoisotopic (exact) mass is 330 g/mol. The van der Waals surface area contributed by atoms with Gasteiger partial charge in [0.15, 0.2) is 0 Å². The van der Waals surface area contributed by atoms with Gasteiger partial charge in [-0.25, -0.2) is 0 Å². The molecule has 2 rings (SSSR count). The zero-order chi connectivity index (χ0) is 17.4. The Morgan fingerprint density at radius 2 is 1.96 bits per heavy atom. The van der Waals surface area contributed by atoms with Crippen LogP contribution in [0.25, 0.3) is 0 Å². The van der Waals surface area contributed by atoms with Crippen LogP contribution in [0.5, 0.6) is 0 Å². The molecule has 1 amide bonds. The lowest BCUT2D eigenvalue weighted by atomic mass is 9.88. The zero-order valence-electron chi connectivity index (χ0n) is 15.1. The molecule has 0 saturated carbocycles. The summed E-state index contributed by atoms with van der Waals surface area (Å²) >= 11 is 0. The van der Waals surface area contributed by atoms with Crippen LogP contribution in [0.4, 0.5) is 0 Å². The number of carbonyl (C=O) groups excluding carboxylic acids is 1. The van der Waals surface area contributed by atoms with E-state index in [2.05, 4.69) is 41.8 Å². The summed E-state index contributed by atoms with van der Waals surface area (Å²) in [6.07, 6.45) is 4.65. The van der Waals surface area contributed by atoms with Gasteiger partial charge < -0.3 is 15.4 Å². The topological polar surface area (TPSA) is 50.4 Å². The van der Waals surface area contributed by atoms with Gasteiger partial charge in [0, 0.05) is 36.9 Å². The van der Waals surface area contributed by atoms with Crippen molar-refractivity contribution in [2.45, 2.75) is 51.6 Å². The van der Waals surface area contributed by atoms with Crippen LogP contribution in [0, 0.1) is 0 Å². The first-order valence-corrected chi connectivity index (χ1v) is 8.92. The largest absolute Gasteiger partial charge is 0.381 e. The van der Waals surface area contributed by atoms with E-state index in [0.717, 1.165) is 38.0 Å². The fraction of sp³-hybridized carbons (Fsp3) is 0.550. The highest BCUT2D eigenvalue weighted by Gasteiger charge is 2.34. The minimum Gasteiger partial charge on any atom is -0.381 e. The third kappa shape index (κ3) is 5.18. The standard InChI is InChI=1S/C20H30N2O2/c1-4-8-16(2)19(23)21-15-20(11-13-24-14-12-20)22-17(3)18-9-6-5-7-10-18/h5-10,17,22H,4,11-15H2,1-3H3,(H,21,23)/b16-8-/t17-/m0/s1. The van der Waals surface area contributed by atoms with Crippen LogP contribution < -0.4 is 10.6 Å². The predicted octanol–water partition coefficient (Wildman–Crippen LogP) is 3.36. The van der Waals surface area contributed by atoms with Crippen molar-refractivity contribution < 1.29 is 9.53 Å². The number of amides is 1. The summed E-state index contributed by atoms with van der Waals surface area (Å²) in [5.41, 5.74) is 1.93. The quantitative estimate of drug-likeness (QED) is 0.754. The maximum atomic E-state index is 12.2. The van der Waals surface area contributed by atoms with E-state index >= 15 is 0 Å². The van der Waals surface area contributed by atoms with Crippen LogP contribution >= 0.6 is 0 Å². The van der Waals surface area contributed by atoms with Crippen LogP contribution in [0.15, 0.2) is 42.0 Å². The molecule has 1 heterocycles. The van der Waals surface area contributed by atoms with Gasteiger partial charge in [0.25, 0.3) is 0 Å². The molecule has 1 aromatic carbocycles. The zero-order valence-corrected chi connectivity index (χ0v) is 15.1. The van der Waals surface area contributed by atoms with Crippen molar-refractivity contribution in [2.75, 3.05) is 19.8 Å². The summed E-state index contributed by atoms with van der Waals surface area (Å²) in [6.45, 7) is 8.18. The fourth-order valence-electron chi connectivity index (χ4n) is 3.21. The Bertz CT molecular complexity index is 548. The van der Waals surface area contributed by atoms with Gasteiger partial charge in [-0.05, 0) is 38.7 Å². The third-order valence-electron chi connectivity index (χ3n) is 4.73. The van der Waals surface area contributed by atoms with Crippen molar-refractivity contribution >= 4 is 5.91 Å². The van der Waals surface area contributed by atoms with Gasteiger partial charge in [0.2, 0.25) is 5.91 Å². The van der Waals surface area contributed by atoms with Gasteiger partial charge in [-0.1, -0.05) is 43.3 Å². The van der Waals surface area contributed by atoms with Crippen LogP contribution in [0.2, 0.25) is 0 Å². The lowest BCUT2D eigenvalue weighted by Gasteiger charge is -2.40. The molecule has 132 valence electrons. The Morgan fingerprint density at radius 1 is 1.29 bits per heavy atom. The van der Waals surface area contributed by atoms with E-state index in [9.17, 15) is 4.79 Å². The average Bonchev–Trinajstić information content (AvgIpc) is 2.61. The molecule has 1 aliphatic heterocycles. The smallest absolute Gasteiger partial charge is 0.246 e. The van der Waals surface area contributed by atoms with Gasteiger partial charge >= 0.3 is 0 Å². The van der Waals surface area contributed by atoms with Crippen molar-refractivity contribution in [1.29, 1.82) is 0 Å². The molecule has 24 heavy (non-hydrogen) atoms. The van der Waals surface area contributed by atoms with Gasteiger partial charge in [-0.15, -0.1) is 0 Å². The Hall–Kier alpha value is -1.65. The fourth-order valence-corrected chi connectivity index (χ4v) is 3.21. The summed E-state index contributed by atoms with van der Waals surface area (Å²) in [5.74, 6) is 0.0249. The molecule has 0 spiro atoms. The molecular weight excluding hydrogens is 300 g/mol. The first-order chi connectivity index (χ1) is 11.6. The molecular formula is C20H30N2O2. The summed E-state index contributed by atoms with van der Waals surface area (Å²) in [5, 5.41) is 6.87. The lowest BCUT2D eigenvalue weighted by Crippen LogP contribution is -2.57. The Labute approximate surface area is 145 Å². The maximum Gasteiger partial charge on any atom is 0.246 e. The SMILES string of the molecule is CC/C=C(/C)C(=O)NCC1(N[C@@H](C)c2ccccc2)CCOCC1. The van der Waals surface area contributed by atoms with E-state index in [4.69, 9.17) is 4.74 Å². The molecule has 0 radical (unpaired) electrons. The van der Waals surface area contributed by atoms with Gasteiger partial charge in [0.05, 0.1) is 0 Å². The number of ether oxygens (including phenoxy) is 1. The van der Waals surface area contributed by atoms with Crippen molar-refractivity contribution in [3.63, 3.8) is 0 Å². The maximum absolute atomic E-state index is 12.2. The summed E-state index contributed by atoms with van der Waals surface area (Å²) in [4.78, 5) is 12.2. The lowest BCUT2D eigenvalue weighted by molar-refractivity contribution is -0.118. The molecule has 1 saturated heterocycles. The van der Waals surface area contributed by atoms with Crippen molar-refractivity contribution in [1.82, 2.24) is 10.6 Å². The molecule has 0 aromatic heterocycles. The third-order valence-corrected chi connectivity index (χ3v) is 4.73. The number of allylic oxidation sites excluding steroid dienone is 1. The molecule has 4 nitrogen and oxygen atoms in total. The molecule has 4 heteroatoms. The predicted molar refractivity (Wildman–Crippen MR) is 97.8 cm³/mol. The summed E-state index contributed by atoms with van der Waals surface area (Å²) in [7, 11) is 0. The number of nitrogens with one attached hydrogen (secondary N) is 2. The van der Waals surface area contributed by atoms with E-state index < -0.39 is 0 Å². The highest BCUT2D eigenvalue weighted by Crippen LogP contribution is 2.25.